The fourth-order valence-electron chi connectivity index (χ4n) is 1.92. The standard InChI is InChI=1S/C13H10F3N7OS/c1-6-8(13(14,15)16)3-18-12(21-6)22-9-7(2)20-10(25-9)11(24)23-5-17-4-19-23/h3-5H,1-2H3,(H,18,21,22). The molecule has 0 aromatic carbocycles. The number of rotatable bonds is 3. The van der Waals surface area contributed by atoms with Gasteiger partial charge in [0.25, 0.3) is 0 Å². The lowest BCUT2D eigenvalue weighted by atomic mass is 10.2. The lowest BCUT2D eigenvalue weighted by Crippen LogP contribution is -2.11. The summed E-state index contributed by atoms with van der Waals surface area (Å²) < 4.78 is 39.2. The van der Waals surface area contributed by atoms with Crippen molar-refractivity contribution in [3.63, 3.8) is 0 Å². The quantitative estimate of drug-likeness (QED) is 0.758. The van der Waals surface area contributed by atoms with E-state index in [0.717, 1.165) is 16.0 Å². The van der Waals surface area contributed by atoms with Crippen LogP contribution in [0.1, 0.15) is 26.8 Å². The molecule has 25 heavy (non-hydrogen) atoms. The van der Waals surface area contributed by atoms with E-state index in [1.165, 1.54) is 19.6 Å². The van der Waals surface area contributed by atoms with Gasteiger partial charge in [-0.15, -0.1) is 0 Å². The van der Waals surface area contributed by atoms with Crippen LogP contribution < -0.4 is 5.32 Å². The molecule has 3 rings (SSSR count). The monoisotopic (exact) mass is 369 g/mol. The van der Waals surface area contributed by atoms with Gasteiger partial charge in [0.15, 0.2) is 5.01 Å². The molecule has 0 radical (unpaired) electrons. The summed E-state index contributed by atoms with van der Waals surface area (Å²) in [5.41, 5.74) is -0.623. The van der Waals surface area contributed by atoms with Crippen LogP contribution in [0.25, 0.3) is 0 Å². The number of hydrogen-bond donors (Lipinski definition) is 1. The van der Waals surface area contributed by atoms with Gasteiger partial charge in [-0.2, -0.15) is 23.0 Å². The van der Waals surface area contributed by atoms with E-state index in [9.17, 15) is 18.0 Å². The normalized spacial score (nSPS) is 11.6. The number of halogens is 3. The van der Waals surface area contributed by atoms with E-state index in [1.807, 2.05) is 0 Å². The predicted octanol–water partition coefficient (Wildman–Crippen LogP) is 2.59. The summed E-state index contributed by atoms with van der Waals surface area (Å²) in [6.07, 6.45) is -1.34. The summed E-state index contributed by atoms with van der Waals surface area (Å²) in [5, 5.41) is 7.11. The van der Waals surface area contributed by atoms with Crippen molar-refractivity contribution in [3.05, 3.63) is 40.8 Å². The van der Waals surface area contributed by atoms with E-state index in [2.05, 4.69) is 30.4 Å². The van der Waals surface area contributed by atoms with Crippen LogP contribution in [0.5, 0.6) is 0 Å². The van der Waals surface area contributed by atoms with Crippen molar-refractivity contribution in [3.8, 4) is 0 Å². The summed E-state index contributed by atoms with van der Waals surface area (Å²) in [6, 6.07) is 0. The van der Waals surface area contributed by atoms with Crippen molar-refractivity contribution < 1.29 is 18.0 Å². The Hall–Kier alpha value is -2.89. The summed E-state index contributed by atoms with van der Waals surface area (Å²) in [4.78, 5) is 27.4. The van der Waals surface area contributed by atoms with Gasteiger partial charge < -0.3 is 5.32 Å². The van der Waals surface area contributed by atoms with E-state index in [1.54, 1.807) is 6.92 Å². The van der Waals surface area contributed by atoms with E-state index < -0.39 is 17.6 Å². The molecule has 3 aromatic rings. The first-order valence-corrected chi connectivity index (χ1v) is 7.62. The molecule has 3 heterocycles. The molecule has 3 aromatic heterocycles. The highest BCUT2D eigenvalue weighted by Crippen LogP contribution is 2.32. The third-order valence-electron chi connectivity index (χ3n) is 3.12. The van der Waals surface area contributed by atoms with Gasteiger partial charge >= 0.3 is 12.1 Å². The van der Waals surface area contributed by atoms with Gasteiger partial charge in [-0.05, 0) is 13.8 Å². The van der Waals surface area contributed by atoms with Crippen LogP contribution in [0.4, 0.5) is 24.1 Å². The molecule has 0 amide bonds. The molecule has 0 aliphatic rings. The third-order valence-corrected chi connectivity index (χ3v) is 4.18. The number of carbonyl (C=O) groups excluding carboxylic acids is 1. The Kier molecular flexibility index (Phi) is 4.20. The highest BCUT2D eigenvalue weighted by Gasteiger charge is 2.33. The Morgan fingerprint density at radius 2 is 2.00 bits per heavy atom. The molecule has 0 saturated carbocycles. The minimum absolute atomic E-state index is 0.0167. The maximum absolute atomic E-state index is 12.7. The largest absolute Gasteiger partial charge is 0.419 e. The highest BCUT2D eigenvalue weighted by atomic mass is 32.1. The third kappa shape index (κ3) is 3.47. The van der Waals surface area contributed by atoms with Gasteiger partial charge in [-0.1, -0.05) is 11.3 Å². The Labute approximate surface area is 142 Å². The zero-order valence-corrected chi connectivity index (χ0v) is 13.7. The first-order chi connectivity index (χ1) is 11.8. The molecule has 0 saturated heterocycles. The van der Waals surface area contributed by atoms with E-state index in [-0.39, 0.29) is 16.6 Å². The predicted molar refractivity (Wildman–Crippen MR) is 81.7 cm³/mol. The average Bonchev–Trinajstić information content (AvgIpc) is 3.16. The molecule has 0 spiro atoms. The molecule has 0 aliphatic heterocycles. The Balaban J connectivity index is 1.84. The number of thiazole rings is 1. The van der Waals surface area contributed by atoms with Crippen molar-refractivity contribution in [1.29, 1.82) is 0 Å². The van der Waals surface area contributed by atoms with Gasteiger partial charge in [0.05, 0.1) is 17.0 Å². The van der Waals surface area contributed by atoms with Crippen molar-refractivity contribution in [1.82, 2.24) is 29.7 Å². The lowest BCUT2D eigenvalue weighted by molar-refractivity contribution is -0.138. The highest BCUT2D eigenvalue weighted by molar-refractivity contribution is 7.17. The maximum Gasteiger partial charge on any atom is 0.419 e. The number of aryl methyl sites for hydroxylation is 2. The number of carbonyl (C=O) groups is 1. The van der Waals surface area contributed by atoms with Gasteiger partial charge in [-0.25, -0.2) is 19.9 Å². The van der Waals surface area contributed by atoms with Crippen LogP contribution in [-0.2, 0) is 6.18 Å². The average molecular weight is 369 g/mol. The smallest absolute Gasteiger partial charge is 0.314 e. The van der Waals surface area contributed by atoms with E-state index >= 15 is 0 Å². The van der Waals surface area contributed by atoms with Crippen LogP contribution in [0.3, 0.4) is 0 Å². The van der Waals surface area contributed by atoms with Crippen LogP contribution >= 0.6 is 11.3 Å². The summed E-state index contributed by atoms with van der Waals surface area (Å²) in [7, 11) is 0. The summed E-state index contributed by atoms with van der Waals surface area (Å²) >= 11 is 1.01. The Morgan fingerprint density at radius 3 is 2.60 bits per heavy atom. The first-order valence-electron chi connectivity index (χ1n) is 6.80. The minimum Gasteiger partial charge on any atom is -0.314 e. The molecule has 0 fully saturated rings. The molecule has 0 bridgehead atoms. The van der Waals surface area contributed by atoms with E-state index in [0.29, 0.717) is 16.9 Å². The number of nitrogens with zero attached hydrogens (tertiary/aromatic N) is 6. The zero-order chi connectivity index (χ0) is 18.2. The molecule has 8 nitrogen and oxygen atoms in total. The van der Waals surface area contributed by atoms with Crippen LogP contribution in [0.15, 0.2) is 18.9 Å². The summed E-state index contributed by atoms with van der Waals surface area (Å²) in [6.45, 7) is 2.89. The fraction of sp³-hybridized carbons (Fsp3) is 0.231. The Morgan fingerprint density at radius 1 is 1.24 bits per heavy atom. The molecule has 0 aliphatic carbocycles. The molecule has 0 unspecified atom stereocenters. The molecular weight excluding hydrogens is 359 g/mol. The number of anilines is 2. The van der Waals surface area contributed by atoms with E-state index in [4.69, 9.17) is 0 Å². The van der Waals surface area contributed by atoms with Gasteiger partial charge in [0, 0.05) is 6.20 Å². The van der Waals surface area contributed by atoms with Crippen molar-refractivity contribution >= 4 is 28.2 Å². The minimum atomic E-state index is -4.51. The maximum atomic E-state index is 12.7. The second kappa shape index (κ2) is 6.20. The first kappa shape index (κ1) is 17.0. The van der Waals surface area contributed by atoms with Crippen LogP contribution in [0.2, 0.25) is 0 Å². The topological polar surface area (TPSA) is 98.5 Å². The number of hydrogen-bond acceptors (Lipinski definition) is 8. The van der Waals surface area contributed by atoms with Crippen molar-refractivity contribution in [2.24, 2.45) is 0 Å². The SMILES string of the molecule is Cc1nc(Nc2sc(C(=O)n3cncn3)nc2C)ncc1C(F)(F)F. The van der Waals surface area contributed by atoms with Gasteiger partial charge in [0.2, 0.25) is 5.95 Å². The molecule has 130 valence electrons. The van der Waals surface area contributed by atoms with Crippen LogP contribution in [-0.4, -0.2) is 35.6 Å². The van der Waals surface area contributed by atoms with Crippen LogP contribution in [0, 0.1) is 13.8 Å². The summed E-state index contributed by atoms with van der Waals surface area (Å²) in [5.74, 6) is -0.486. The Bertz CT molecular complexity index is 920. The second-order valence-electron chi connectivity index (χ2n) is 4.89. The molecule has 1 N–H and O–H groups in total. The zero-order valence-electron chi connectivity index (χ0n) is 12.9. The van der Waals surface area contributed by atoms with Gasteiger partial charge in [-0.3, -0.25) is 4.79 Å². The van der Waals surface area contributed by atoms with Gasteiger partial charge in [0.1, 0.15) is 17.7 Å². The fourth-order valence-corrected chi connectivity index (χ4v) is 2.81. The number of aromatic nitrogens is 6. The van der Waals surface area contributed by atoms with Crippen molar-refractivity contribution in [2.75, 3.05) is 5.32 Å². The molecular formula is C13H10F3N7OS. The number of alkyl halides is 3. The molecule has 0 atom stereocenters. The second-order valence-corrected chi connectivity index (χ2v) is 5.89. The van der Waals surface area contributed by atoms with Crippen molar-refractivity contribution in [2.45, 2.75) is 20.0 Å². The molecule has 12 heteroatoms. The lowest BCUT2D eigenvalue weighted by Gasteiger charge is -2.10. The number of nitrogens with one attached hydrogen (secondary N) is 1.